The number of hydrogen-bond acceptors (Lipinski definition) is 5. The molecule has 20 heavy (non-hydrogen) atoms. The molecule has 0 saturated heterocycles. The minimum absolute atomic E-state index is 0.155. The summed E-state index contributed by atoms with van der Waals surface area (Å²) in [7, 11) is -2.11. The summed E-state index contributed by atoms with van der Waals surface area (Å²) in [6.07, 6.45) is 0. The molecule has 0 aliphatic carbocycles. The van der Waals surface area contributed by atoms with Crippen molar-refractivity contribution in [2.45, 2.75) is 33.7 Å². The van der Waals surface area contributed by atoms with Crippen LogP contribution in [0.3, 0.4) is 0 Å². The van der Waals surface area contributed by atoms with Gasteiger partial charge in [-0.1, -0.05) is 0 Å². The number of nitrogens with one attached hydrogen (secondary N) is 1. The van der Waals surface area contributed by atoms with E-state index in [0.717, 1.165) is 11.3 Å². The van der Waals surface area contributed by atoms with Crippen LogP contribution in [-0.2, 0) is 14.9 Å². The minimum Gasteiger partial charge on any atom is -0.462 e. The van der Waals surface area contributed by atoms with Gasteiger partial charge in [-0.2, -0.15) is 12.7 Å². The Kier molecular flexibility index (Phi) is 5.55. The van der Waals surface area contributed by atoms with Crippen molar-refractivity contribution in [1.29, 1.82) is 0 Å². The predicted octanol–water partition coefficient (Wildman–Crippen LogP) is 2.23. The number of esters is 1. The molecule has 0 amide bonds. The van der Waals surface area contributed by atoms with E-state index >= 15 is 0 Å². The van der Waals surface area contributed by atoms with E-state index < -0.39 is 16.2 Å². The molecule has 114 valence electrons. The molecule has 1 heterocycles. The normalized spacial score (nSPS) is 11.9. The fourth-order valence-corrected chi connectivity index (χ4v) is 3.72. The summed E-state index contributed by atoms with van der Waals surface area (Å²) >= 11 is 1.07. The third kappa shape index (κ3) is 3.94. The molecule has 0 unspecified atom stereocenters. The summed E-state index contributed by atoms with van der Waals surface area (Å²) in [5.74, 6) is -0.433. The maximum Gasteiger partial charge on any atom is 0.348 e. The van der Waals surface area contributed by atoms with Crippen LogP contribution in [0.15, 0.2) is 6.07 Å². The number of aryl methyl sites for hydroxylation is 1. The summed E-state index contributed by atoms with van der Waals surface area (Å²) in [4.78, 5) is 12.1. The van der Waals surface area contributed by atoms with Crippen LogP contribution in [0.4, 0.5) is 5.00 Å². The summed E-state index contributed by atoms with van der Waals surface area (Å²) < 4.78 is 32.7. The summed E-state index contributed by atoms with van der Waals surface area (Å²) in [5.41, 5.74) is 0.693. The molecule has 0 radical (unpaired) electrons. The fraction of sp³-hybridized carbons (Fsp3) is 0.583. The van der Waals surface area contributed by atoms with Crippen molar-refractivity contribution in [3.05, 3.63) is 16.5 Å². The highest BCUT2D eigenvalue weighted by Gasteiger charge is 2.22. The van der Waals surface area contributed by atoms with Crippen LogP contribution in [0.25, 0.3) is 0 Å². The van der Waals surface area contributed by atoms with Gasteiger partial charge in [-0.05, 0) is 39.3 Å². The molecular formula is C12H20N2O4S2. The van der Waals surface area contributed by atoms with Crippen molar-refractivity contribution in [1.82, 2.24) is 4.31 Å². The van der Waals surface area contributed by atoms with E-state index in [4.69, 9.17) is 4.74 Å². The van der Waals surface area contributed by atoms with Crippen molar-refractivity contribution in [2.24, 2.45) is 0 Å². The zero-order valence-corrected chi connectivity index (χ0v) is 13.9. The van der Waals surface area contributed by atoms with Crippen LogP contribution in [0.5, 0.6) is 0 Å². The second-order valence-electron chi connectivity index (χ2n) is 4.56. The molecule has 0 atom stereocenters. The average Bonchev–Trinajstić information content (AvgIpc) is 2.68. The summed E-state index contributed by atoms with van der Waals surface area (Å²) in [6.45, 7) is 7.31. The van der Waals surface area contributed by atoms with Crippen molar-refractivity contribution in [3.8, 4) is 0 Å². The van der Waals surface area contributed by atoms with Gasteiger partial charge in [0.1, 0.15) is 9.88 Å². The molecule has 0 spiro atoms. The molecule has 0 fully saturated rings. The standard InChI is InChI=1S/C12H20N2O4S2/c1-6-18-12(15)11-9(4)7-10(19-11)13-20(16,17)14(5)8(2)3/h7-8,13H,6H2,1-5H3. The number of hydrogen-bond donors (Lipinski definition) is 1. The van der Waals surface area contributed by atoms with Gasteiger partial charge in [-0.25, -0.2) is 4.79 Å². The Hall–Kier alpha value is -1.12. The molecule has 1 aromatic heterocycles. The van der Waals surface area contributed by atoms with Gasteiger partial charge in [0.05, 0.1) is 6.61 Å². The Morgan fingerprint density at radius 2 is 2.10 bits per heavy atom. The van der Waals surface area contributed by atoms with E-state index in [-0.39, 0.29) is 12.6 Å². The summed E-state index contributed by atoms with van der Waals surface area (Å²) in [5, 5.41) is 0.401. The molecule has 6 nitrogen and oxygen atoms in total. The highest BCUT2D eigenvalue weighted by Crippen LogP contribution is 2.28. The smallest absolute Gasteiger partial charge is 0.348 e. The molecule has 0 aliphatic heterocycles. The van der Waals surface area contributed by atoms with Gasteiger partial charge in [0, 0.05) is 13.1 Å². The Bertz CT molecular complexity index is 578. The van der Waals surface area contributed by atoms with Gasteiger partial charge in [0.25, 0.3) is 0 Å². The third-order valence-corrected chi connectivity index (χ3v) is 5.63. The quantitative estimate of drug-likeness (QED) is 0.816. The van der Waals surface area contributed by atoms with Gasteiger partial charge in [-0.3, -0.25) is 4.72 Å². The molecular weight excluding hydrogens is 300 g/mol. The number of nitrogens with zero attached hydrogens (tertiary/aromatic N) is 1. The van der Waals surface area contributed by atoms with E-state index in [9.17, 15) is 13.2 Å². The first-order valence-corrected chi connectivity index (χ1v) is 8.48. The number of carbonyl (C=O) groups excluding carboxylic acids is 1. The number of thiophene rings is 1. The van der Waals surface area contributed by atoms with Gasteiger partial charge >= 0.3 is 16.2 Å². The fourth-order valence-electron chi connectivity index (χ4n) is 1.41. The number of rotatable bonds is 6. The van der Waals surface area contributed by atoms with Crippen LogP contribution in [0, 0.1) is 6.92 Å². The van der Waals surface area contributed by atoms with E-state index in [1.807, 2.05) is 0 Å². The van der Waals surface area contributed by atoms with Crippen LogP contribution in [-0.4, -0.2) is 38.4 Å². The van der Waals surface area contributed by atoms with Gasteiger partial charge < -0.3 is 4.74 Å². The highest BCUT2D eigenvalue weighted by atomic mass is 32.2. The van der Waals surface area contributed by atoms with E-state index in [2.05, 4.69) is 4.72 Å². The zero-order valence-electron chi connectivity index (χ0n) is 12.3. The number of anilines is 1. The van der Waals surface area contributed by atoms with Crippen molar-refractivity contribution in [3.63, 3.8) is 0 Å². The molecule has 1 rings (SSSR count). The third-order valence-electron chi connectivity index (χ3n) is 2.71. The Labute approximate surface area is 123 Å². The summed E-state index contributed by atoms with van der Waals surface area (Å²) in [6, 6.07) is 1.47. The Morgan fingerprint density at radius 1 is 1.50 bits per heavy atom. The number of carbonyl (C=O) groups is 1. The molecule has 1 N–H and O–H groups in total. The molecule has 0 saturated carbocycles. The van der Waals surface area contributed by atoms with Gasteiger partial charge in [0.2, 0.25) is 0 Å². The minimum atomic E-state index is -3.61. The van der Waals surface area contributed by atoms with Crippen LogP contribution >= 0.6 is 11.3 Å². The molecule has 1 aromatic rings. The molecule has 8 heteroatoms. The van der Waals surface area contributed by atoms with E-state index in [1.54, 1.807) is 33.8 Å². The van der Waals surface area contributed by atoms with Crippen LogP contribution in [0.2, 0.25) is 0 Å². The van der Waals surface area contributed by atoms with Crippen molar-refractivity contribution < 1.29 is 17.9 Å². The SMILES string of the molecule is CCOC(=O)c1sc(NS(=O)(=O)N(C)C(C)C)cc1C. The maximum atomic E-state index is 12.1. The topological polar surface area (TPSA) is 75.7 Å². The van der Waals surface area contributed by atoms with E-state index in [0.29, 0.717) is 15.4 Å². The molecule has 0 aromatic carbocycles. The zero-order chi connectivity index (χ0) is 15.5. The lowest BCUT2D eigenvalue weighted by atomic mass is 10.3. The lowest BCUT2D eigenvalue weighted by Gasteiger charge is -2.20. The Morgan fingerprint density at radius 3 is 2.60 bits per heavy atom. The lowest BCUT2D eigenvalue weighted by molar-refractivity contribution is 0.0531. The number of ether oxygens (including phenoxy) is 1. The first kappa shape index (κ1) is 16.9. The van der Waals surface area contributed by atoms with Crippen LogP contribution < -0.4 is 4.72 Å². The predicted molar refractivity (Wildman–Crippen MR) is 80.5 cm³/mol. The lowest BCUT2D eigenvalue weighted by Crippen LogP contribution is -2.37. The molecule has 0 bridgehead atoms. The maximum absolute atomic E-state index is 12.1. The second kappa shape index (κ2) is 6.55. The van der Waals surface area contributed by atoms with Gasteiger partial charge in [0.15, 0.2) is 0 Å². The highest BCUT2D eigenvalue weighted by molar-refractivity contribution is 7.90. The van der Waals surface area contributed by atoms with Crippen molar-refractivity contribution in [2.75, 3.05) is 18.4 Å². The average molecular weight is 320 g/mol. The molecule has 0 aliphatic rings. The monoisotopic (exact) mass is 320 g/mol. The second-order valence-corrected chi connectivity index (χ2v) is 7.34. The Balaban J connectivity index is 2.95. The first-order chi connectivity index (χ1) is 9.19. The first-order valence-electron chi connectivity index (χ1n) is 6.22. The van der Waals surface area contributed by atoms with Crippen molar-refractivity contribution >= 4 is 32.5 Å². The largest absolute Gasteiger partial charge is 0.462 e. The van der Waals surface area contributed by atoms with E-state index in [1.165, 1.54) is 11.4 Å². The van der Waals surface area contributed by atoms with Gasteiger partial charge in [-0.15, -0.1) is 11.3 Å². The van der Waals surface area contributed by atoms with Crippen LogP contribution in [0.1, 0.15) is 36.0 Å².